The summed E-state index contributed by atoms with van der Waals surface area (Å²) in [6, 6.07) is 2.84. The monoisotopic (exact) mass is 286 g/mol. The topological polar surface area (TPSA) is 109 Å². The lowest BCUT2D eigenvalue weighted by molar-refractivity contribution is 0.165. The molecule has 1 fully saturated rings. The number of nitrogens with zero attached hydrogens (tertiary/aromatic N) is 2. The molecule has 2 rings (SSSR count). The van der Waals surface area contributed by atoms with Crippen LogP contribution in [0.5, 0.6) is 0 Å². The molecule has 19 heavy (non-hydrogen) atoms. The standard InChI is InChI=1S/C11H18N4O3S/c12-14-11-6-10(3-4-13-11)19(17,18)15-5-1-2-9(7-15)8-16/h3-4,6,9,16H,1-2,5,7-8,12H2,(H,13,14). The van der Waals surface area contributed by atoms with E-state index in [1.807, 2.05) is 0 Å². The molecule has 4 N–H and O–H groups in total. The number of nitrogens with two attached hydrogens (primary N) is 1. The minimum absolute atomic E-state index is 0.0115. The first-order valence-corrected chi connectivity index (χ1v) is 7.55. The number of nitrogens with one attached hydrogen (secondary N) is 1. The predicted molar refractivity (Wildman–Crippen MR) is 70.6 cm³/mol. The fraction of sp³-hybridized carbons (Fsp3) is 0.545. The van der Waals surface area contributed by atoms with E-state index in [2.05, 4.69) is 10.4 Å². The number of aromatic nitrogens is 1. The summed E-state index contributed by atoms with van der Waals surface area (Å²) in [5.41, 5.74) is 2.33. The first kappa shape index (κ1) is 14.2. The quantitative estimate of drug-likeness (QED) is 0.521. The van der Waals surface area contributed by atoms with E-state index in [0.29, 0.717) is 18.9 Å². The van der Waals surface area contributed by atoms with E-state index in [1.54, 1.807) is 0 Å². The van der Waals surface area contributed by atoms with E-state index in [1.165, 1.54) is 22.6 Å². The van der Waals surface area contributed by atoms with Crippen LogP contribution < -0.4 is 11.3 Å². The number of rotatable bonds is 4. The lowest BCUT2D eigenvalue weighted by Crippen LogP contribution is -2.40. The SMILES string of the molecule is NNc1cc(S(=O)(=O)N2CCCC(CO)C2)ccn1. The van der Waals surface area contributed by atoms with Gasteiger partial charge < -0.3 is 10.5 Å². The molecule has 106 valence electrons. The Labute approximate surface area is 112 Å². The van der Waals surface area contributed by atoms with Crippen LogP contribution in [0.15, 0.2) is 23.2 Å². The molecule has 1 saturated heterocycles. The van der Waals surface area contributed by atoms with Crippen molar-refractivity contribution in [1.82, 2.24) is 9.29 Å². The Bertz CT molecular complexity index is 534. The van der Waals surface area contributed by atoms with Gasteiger partial charge in [-0.25, -0.2) is 19.2 Å². The number of piperidine rings is 1. The summed E-state index contributed by atoms with van der Waals surface area (Å²) < 4.78 is 26.3. The van der Waals surface area contributed by atoms with Gasteiger partial charge in [-0.2, -0.15) is 4.31 Å². The Morgan fingerprint density at radius 2 is 2.37 bits per heavy atom. The highest BCUT2D eigenvalue weighted by Gasteiger charge is 2.30. The maximum absolute atomic E-state index is 12.5. The fourth-order valence-corrected chi connectivity index (χ4v) is 3.76. The average Bonchev–Trinajstić information content (AvgIpc) is 2.47. The molecule has 1 unspecified atom stereocenters. The van der Waals surface area contributed by atoms with Crippen molar-refractivity contribution in [3.8, 4) is 0 Å². The van der Waals surface area contributed by atoms with Gasteiger partial charge >= 0.3 is 0 Å². The van der Waals surface area contributed by atoms with Gasteiger partial charge in [-0.05, 0) is 24.8 Å². The molecule has 7 nitrogen and oxygen atoms in total. The lowest BCUT2D eigenvalue weighted by atomic mass is 10.0. The van der Waals surface area contributed by atoms with Gasteiger partial charge in [0.15, 0.2) is 0 Å². The van der Waals surface area contributed by atoms with Crippen LogP contribution in [0, 0.1) is 5.92 Å². The molecule has 1 aliphatic rings. The number of aliphatic hydroxyl groups is 1. The van der Waals surface area contributed by atoms with Gasteiger partial charge in [0.25, 0.3) is 0 Å². The van der Waals surface area contributed by atoms with Gasteiger partial charge in [-0.1, -0.05) is 0 Å². The Morgan fingerprint density at radius 3 is 3.05 bits per heavy atom. The van der Waals surface area contributed by atoms with Gasteiger partial charge in [0.05, 0.1) is 4.90 Å². The minimum atomic E-state index is -3.55. The Hall–Kier alpha value is -1.22. The van der Waals surface area contributed by atoms with Gasteiger partial charge in [-0.15, -0.1) is 0 Å². The van der Waals surface area contributed by atoms with Crippen LogP contribution in [0.4, 0.5) is 5.82 Å². The van der Waals surface area contributed by atoms with Crippen molar-refractivity contribution in [1.29, 1.82) is 0 Å². The number of nitrogen functional groups attached to an aromatic ring is 1. The van der Waals surface area contributed by atoms with Crippen molar-refractivity contribution in [2.75, 3.05) is 25.1 Å². The summed E-state index contributed by atoms with van der Waals surface area (Å²) in [5, 5.41) is 9.17. The molecule has 0 amide bonds. The van der Waals surface area contributed by atoms with Crippen LogP contribution in [0.2, 0.25) is 0 Å². The molecule has 0 spiro atoms. The number of aliphatic hydroxyl groups excluding tert-OH is 1. The van der Waals surface area contributed by atoms with E-state index >= 15 is 0 Å². The first-order valence-electron chi connectivity index (χ1n) is 6.11. The maximum Gasteiger partial charge on any atom is 0.243 e. The second kappa shape index (κ2) is 5.83. The lowest BCUT2D eigenvalue weighted by Gasteiger charge is -2.30. The Morgan fingerprint density at radius 1 is 1.58 bits per heavy atom. The first-order chi connectivity index (χ1) is 9.07. The van der Waals surface area contributed by atoms with E-state index in [9.17, 15) is 8.42 Å². The zero-order valence-electron chi connectivity index (χ0n) is 10.5. The van der Waals surface area contributed by atoms with Crippen molar-refractivity contribution >= 4 is 15.8 Å². The predicted octanol–water partition coefficient (Wildman–Crippen LogP) is -0.240. The van der Waals surface area contributed by atoms with E-state index < -0.39 is 10.0 Å². The molecule has 1 aliphatic heterocycles. The Kier molecular flexibility index (Phi) is 4.35. The number of hydrogen-bond donors (Lipinski definition) is 3. The van der Waals surface area contributed by atoms with Crippen molar-refractivity contribution in [3.63, 3.8) is 0 Å². The third-order valence-corrected chi connectivity index (χ3v) is 5.12. The molecule has 1 aromatic heterocycles. The second-order valence-electron chi connectivity index (χ2n) is 4.58. The van der Waals surface area contributed by atoms with E-state index in [4.69, 9.17) is 10.9 Å². The third kappa shape index (κ3) is 3.03. The minimum Gasteiger partial charge on any atom is -0.396 e. The fourth-order valence-electron chi connectivity index (χ4n) is 2.19. The van der Waals surface area contributed by atoms with Crippen LogP contribution in [0.1, 0.15) is 12.8 Å². The zero-order valence-corrected chi connectivity index (χ0v) is 11.3. The van der Waals surface area contributed by atoms with Crippen LogP contribution in [-0.4, -0.2) is 42.5 Å². The molecule has 2 heterocycles. The molecule has 0 radical (unpaired) electrons. The van der Waals surface area contributed by atoms with E-state index in [-0.39, 0.29) is 17.4 Å². The normalized spacial score (nSPS) is 21.3. The maximum atomic E-state index is 12.5. The van der Waals surface area contributed by atoms with Gasteiger partial charge in [0.1, 0.15) is 5.82 Å². The van der Waals surface area contributed by atoms with Crippen LogP contribution in [-0.2, 0) is 10.0 Å². The number of sulfonamides is 1. The summed E-state index contributed by atoms with van der Waals surface area (Å²) >= 11 is 0. The van der Waals surface area contributed by atoms with E-state index in [0.717, 1.165) is 12.8 Å². The van der Waals surface area contributed by atoms with Gasteiger partial charge in [-0.3, -0.25) is 0 Å². The van der Waals surface area contributed by atoms with Gasteiger partial charge in [0.2, 0.25) is 10.0 Å². The summed E-state index contributed by atoms with van der Waals surface area (Å²) in [5.74, 6) is 5.54. The molecule has 0 aromatic carbocycles. The number of anilines is 1. The second-order valence-corrected chi connectivity index (χ2v) is 6.51. The number of pyridine rings is 1. The number of hydrazine groups is 1. The van der Waals surface area contributed by atoms with Crippen molar-refractivity contribution < 1.29 is 13.5 Å². The summed E-state index contributed by atoms with van der Waals surface area (Å²) in [6.07, 6.45) is 3.02. The Balaban J connectivity index is 2.25. The van der Waals surface area contributed by atoms with Crippen molar-refractivity contribution in [3.05, 3.63) is 18.3 Å². The molecule has 8 heteroatoms. The molecular formula is C11H18N4O3S. The molecule has 0 aliphatic carbocycles. The highest BCUT2D eigenvalue weighted by molar-refractivity contribution is 7.89. The molecular weight excluding hydrogens is 268 g/mol. The van der Waals surface area contributed by atoms with Crippen molar-refractivity contribution in [2.24, 2.45) is 11.8 Å². The summed E-state index contributed by atoms with van der Waals surface area (Å²) in [4.78, 5) is 4.05. The average molecular weight is 286 g/mol. The third-order valence-electron chi connectivity index (χ3n) is 3.26. The zero-order chi connectivity index (χ0) is 13.9. The molecule has 0 bridgehead atoms. The molecule has 1 atom stereocenters. The van der Waals surface area contributed by atoms with Crippen molar-refractivity contribution in [2.45, 2.75) is 17.7 Å². The van der Waals surface area contributed by atoms with Gasteiger partial charge in [0, 0.05) is 32.0 Å². The highest BCUT2D eigenvalue weighted by atomic mass is 32.2. The number of hydrogen-bond acceptors (Lipinski definition) is 6. The van der Waals surface area contributed by atoms with Crippen LogP contribution in [0.25, 0.3) is 0 Å². The molecule has 1 aromatic rings. The van der Waals surface area contributed by atoms with Crippen LogP contribution in [0.3, 0.4) is 0 Å². The largest absolute Gasteiger partial charge is 0.396 e. The summed E-state index contributed by atoms with van der Waals surface area (Å²) in [7, 11) is -3.55. The smallest absolute Gasteiger partial charge is 0.243 e. The molecule has 0 saturated carbocycles. The van der Waals surface area contributed by atoms with Crippen LogP contribution >= 0.6 is 0 Å². The summed E-state index contributed by atoms with van der Waals surface area (Å²) in [6.45, 7) is 0.844. The highest BCUT2D eigenvalue weighted by Crippen LogP contribution is 2.24.